The van der Waals surface area contributed by atoms with Gasteiger partial charge in [0.2, 0.25) is 5.91 Å². The summed E-state index contributed by atoms with van der Waals surface area (Å²) in [5.74, 6) is 1.46. The Balaban J connectivity index is 1.91. The number of amidine groups is 1. The maximum Gasteiger partial charge on any atom is 0.217 e. The normalized spacial score (nSPS) is 18.2. The van der Waals surface area contributed by atoms with Gasteiger partial charge in [0, 0.05) is 13.3 Å². The van der Waals surface area contributed by atoms with Crippen LogP contribution in [0, 0.1) is 0 Å². The average Bonchev–Trinajstić information content (AvgIpc) is 3.21. The fraction of sp³-hybridized carbons (Fsp3) is 0.862. The Labute approximate surface area is 206 Å². The molecule has 0 spiro atoms. The van der Waals surface area contributed by atoms with Gasteiger partial charge in [-0.3, -0.25) is 9.28 Å². The van der Waals surface area contributed by atoms with Gasteiger partial charge in [-0.05, 0) is 33.1 Å². The van der Waals surface area contributed by atoms with Gasteiger partial charge in [-0.25, -0.2) is 4.99 Å². The molecule has 1 atom stereocenters. The molecule has 0 bridgehead atoms. The van der Waals surface area contributed by atoms with Crippen molar-refractivity contribution in [2.24, 2.45) is 4.99 Å². The molecule has 0 saturated heterocycles. The van der Waals surface area contributed by atoms with Crippen LogP contribution in [0.25, 0.3) is 0 Å². The van der Waals surface area contributed by atoms with E-state index in [1.165, 1.54) is 109 Å². The maximum atomic E-state index is 11.2. The van der Waals surface area contributed by atoms with Crippen LogP contribution in [0.4, 0.5) is 0 Å². The number of hydrogen-bond acceptors (Lipinski definition) is 2. The molecule has 1 rings (SSSR count). The topological polar surface area (TPSA) is 41.5 Å². The van der Waals surface area contributed by atoms with Gasteiger partial charge in [0.05, 0.1) is 19.6 Å². The molecule has 33 heavy (non-hydrogen) atoms. The molecule has 0 radical (unpaired) electrons. The summed E-state index contributed by atoms with van der Waals surface area (Å²) in [5, 5.41) is 2.97. The number of likely N-dealkylation sites (N-methyl/N-ethyl adjacent to an activating group) is 1. The second kappa shape index (κ2) is 20.2. The minimum absolute atomic E-state index is 0.0728. The third-order valence-corrected chi connectivity index (χ3v) is 7.40. The van der Waals surface area contributed by atoms with Crippen molar-refractivity contribution in [2.75, 3.05) is 32.7 Å². The summed E-state index contributed by atoms with van der Waals surface area (Å²) in [6.07, 6.45) is 28.0. The minimum atomic E-state index is 0.0728. The number of nitrogens with zero attached hydrogens (tertiary/aromatic N) is 2. The van der Waals surface area contributed by atoms with Gasteiger partial charge in [-0.1, -0.05) is 95.6 Å². The monoisotopic (exact) mass is 462 g/mol. The van der Waals surface area contributed by atoms with E-state index in [-0.39, 0.29) is 5.91 Å². The standard InChI is InChI=1S/C29H55N3O/c1-4-6-7-8-9-10-11-12-13-14-15-16-17-18-19-20-21-22-23-29-31-25-27-32(29,5-2)26-24-30-28(3)33/h4,6H,5,7-27H2,1-3H3/p+1/b6-4+. The van der Waals surface area contributed by atoms with Crippen LogP contribution in [0.1, 0.15) is 130 Å². The Hall–Kier alpha value is -1.16. The number of unbranched alkanes of at least 4 members (excludes halogenated alkanes) is 15. The molecule has 0 aromatic rings. The lowest BCUT2D eigenvalue weighted by Gasteiger charge is -2.33. The molecule has 192 valence electrons. The Morgan fingerprint density at radius 3 is 1.88 bits per heavy atom. The Bertz CT molecular complexity index is 543. The Morgan fingerprint density at radius 1 is 0.879 bits per heavy atom. The fourth-order valence-electron chi connectivity index (χ4n) is 5.16. The summed E-state index contributed by atoms with van der Waals surface area (Å²) in [6.45, 7) is 10.9. The number of aliphatic imine (C=N–C) groups is 1. The van der Waals surface area contributed by atoms with Crippen LogP contribution in [0.5, 0.6) is 0 Å². The maximum absolute atomic E-state index is 11.2. The lowest BCUT2D eigenvalue weighted by molar-refractivity contribution is -0.833. The number of nitrogens with one attached hydrogen (secondary N) is 1. The average molecular weight is 463 g/mol. The van der Waals surface area contributed by atoms with E-state index in [4.69, 9.17) is 4.99 Å². The smallest absolute Gasteiger partial charge is 0.217 e. The largest absolute Gasteiger partial charge is 0.351 e. The van der Waals surface area contributed by atoms with E-state index in [0.717, 1.165) is 43.6 Å². The zero-order chi connectivity index (χ0) is 24.0. The second-order valence-corrected chi connectivity index (χ2v) is 10.1. The predicted molar refractivity (Wildman–Crippen MR) is 145 cm³/mol. The number of allylic oxidation sites excluding steroid dienone is 2. The first kappa shape index (κ1) is 29.9. The van der Waals surface area contributed by atoms with Gasteiger partial charge >= 0.3 is 0 Å². The molecule has 0 aliphatic carbocycles. The molecule has 0 fully saturated rings. The first-order chi connectivity index (χ1) is 16.1. The summed E-state index contributed by atoms with van der Waals surface area (Å²) in [5.41, 5.74) is 0. The van der Waals surface area contributed by atoms with Gasteiger partial charge in [-0.2, -0.15) is 0 Å². The summed E-state index contributed by atoms with van der Waals surface area (Å²) < 4.78 is 0.997. The number of amides is 1. The van der Waals surface area contributed by atoms with Crippen LogP contribution >= 0.6 is 0 Å². The quantitative estimate of drug-likeness (QED) is 0.101. The summed E-state index contributed by atoms with van der Waals surface area (Å²) in [4.78, 5) is 16.0. The summed E-state index contributed by atoms with van der Waals surface area (Å²) >= 11 is 0. The van der Waals surface area contributed by atoms with E-state index in [2.05, 4.69) is 31.3 Å². The van der Waals surface area contributed by atoms with Crippen molar-refractivity contribution in [3.8, 4) is 0 Å². The molecule has 0 aromatic carbocycles. The molecule has 1 N–H and O–H groups in total. The van der Waals surface area contributed by atoms with Crippen molar-refractivity contribution >= 4 is 11.7 Å². The number of quaternary nitrogens is 1. The van der Waals surface area contributed by atoms with Crippen molar-refractivity contribution in [1.29, 1.82) is 0 Å². The molecular formula is C29H56N3O+. The predicted octanol–water partition coefficient (Wildman–Crippen LogP) is 7.58. The zero-order valence-corrected chi connectivity index (χ0v) is 22.5. The highest BCUT2D eigenvalue weighted by molar-refractivity contribution is 5.77. The van der Waals surface area contributed by atoms with Gasteiger partial charge < -0.3 is 5.32 Å². The van der Waals surface area contributed by atoms with Crippen molar-refractivity contribution in [3.63, 3.8) is 0 Å². The number of rotatable bonds is 22. The Kier molecular flexibility index (Phi) is 18.3. The van der Waals surface area contributed by atoms with Crippen molar-refractivity contribution < 1.29 is 9.28 Å². The molecular weight excluding hydrogens is 406 g/mol. The highest BCUT2D eigenvalue weighted by Gasteiger charge is 2.35. The number of carbonyl (C=O) groups excluding carboxylic acids is 1. The van der Waals surface area contributed by atoms with E-state index in [0.29, 0.717) is 0 Å². The van der Waals surface area contributed by atoms with E-state index in [9.17, 15) is 4.79 Å². The highest BCUT2D eigenvalue weighted by Crippen LogP contribution is 2.20. The van der Waals surface area contributed by atoms with Gasteiger partial charge in [0.1, 0.15) is 13.1 Å². The van der Waals surface area contributed by atoms with E-state index in [1.807, 2.05) is 0 Å². The molecule has 4 nitrogen and oxygen atoms in total. The van der Waals surface area contributed by atoms with E-state index in [1.54, 1.807) is 6.92 Å². The summed E-state index contributed by atoms with van der Waals surface area (Å²) in [7, 11) is 0. The molecule has 1 unspecified atom stereocenters. The van der Waals surface area contributed by atoms with Gasteiger partial charge in [-0.15, -0.1) is 0 Å². The number of hydrogen-bond donors (Lipinski definition) is 1. The minimum Gasteiger partial charge on any atom is -0.351 e. The second-order valence-electron chi connectivity index (χ2n) is 10.1. The highest BCUT2D eigenvalue weighted by atomic mass is 16.1. The number of carbonyl (C=O) groups is 1. The van der Waals surface area contributed by atoms with Crippen LogP contribution in [-0.4, -0.2) is 48.9 Å². The fourth-order valence-corrected chi connectivity index (χ4v) is 5.16. The van der Waals surface area contributed by atoms with Crippen LogP contribution < -0.4 is 5.32 Å². The van der Waals surface area contributed by atoms with Crippen LogP contribution in [0.15, 0.2) is 17.1 Å². The van der Waals surface area contributed by atoms with E-state index < -0.39 is 0 Å². The molecule has 1 amide bonds. The van der Waals surface area contributed by atoms with Crippen LogP contribution in [0.2, 0.25) is 0 Å². The molecule has 1 aliphatic rings. The lowest BCUT2D eigenvalue weighted by atomic mass is 10.0. The zero-order valence-electron chi connectivity index (χ0n) is 22.5. The van der Waals surface area contributed by atoms with Crippen molar-refractivity contribution in [1.82, 2.24) is 5.32 Å². The summed E-state index contributed by atoms with van der Waals surface area (Å²) in [6, 6.07) is 0. The lowest BCUT2D eigenvalue weighted by Crippen LogP contribution is -2.54. The molecule has 0 aromatic heterocycles. The van der Waals surface area contributed by atoms with Crippen LogP contribution in [0.3, 0.4) is 0 Å². The van der Waals surface area contributed by atoms with Gasteiger partial charge in [0.25, 0.3) is 0 Å². The first-order valence-electron chi connectivity index (χ1n) is 14.4. The van der Waals surface area contributed by atoms with Crippen LogP contribution in [-0.2, 0) is 4.79 Å². The molecule has 4 heteroatoms. The third kappa shape index (κ3) is 14.7. The SMILES string of the molecule is C/C=C/CCCCCCCCCCCCCCCCCC1=NCC[N+]1(CC)CCNC(C)=O. The molecule has 1 heterocycles. The molecule has 1 aliphatic heterocycles. The van der Waals surface area contributed by atoms with Gasteiger partial charge in [0.15, 0.2) is 5.84 Å². The molecule has 0 saturated carbocycles. The van der Waals surface area contributed by atoms with E-state index >= 15 is 0 Å². The first-order valence-corrected chi connectivity index (χ1v) is 14.4. The van der Waals surface area contributed by atoms with Crippen molar-refractivity contribution in [3.05, 3.63) is 12.2 Å². The Morgan fingerprint density at radius 2 is 1.39 bits per heavy atom. The van der Waals surface area contributed by atoms with Crippen molar-refractivity contribution in [2.45, 2.75) is 130 Å². The third-order valence-electron chi connectivity index (χ3n) is 7.40.